The first kappa shape index (κ1) is 23.8. The van der Waals surface area contributed by atoms with Crippen molar-refractivity contribution in [3.8, 4) is 5.75 Å². The Morgan fingerprint density at radius 3 is 2.45 bits per heavy atom. The minimum atomic E-state index is -1.38. The quantitative estimate of drug-likeness (QED) is 0.683. The van der Waals surface area contributed by atoms with Crippen molar-refractivity contribution in [3.05, 3.63) is 59.9 Å². The molecule has 0 aromatic heterocycles. The number of anilines is 1. The van der Waals surface area contributed by atoms with Gasteiger partial charge in [0.1, 0.15) is 23.8 Å². The number of aliphatic hydroxyl groups is 2. The molecule has 2 fully saturated rings. The van der Waals surface area contributed by atoms with Crippen LogP contribution in [0.5, 0.6) is 5.75 Å². The van der Waals surface area contributed by atoms with E-state index in [0.717, 1.165) is 17.8 Å². The van der Waals surface area contributed by atoms with E-state index in [4.69, 9.17) is 9.47 Å². The van der Waals surface area contributed by atoms with E-state index < -0.39 is 22.8 Å². The molecule has 0 amide bonds. The summed E-state index contributed by atoms with van der Waals surface area (Å²) in [5.74, 6) is -2.17. The zero-order valence-corrected chi connectivity index (χ0v) is 18.4. The number of hydrogen-bond acceptors (Lipinski definition) is 6. The van der Waals surface area contributed by atoms with Gasteiger partial charge in [-0.15, -0.1) is 0 Å². The maximum absolute atomic E-state index is 13.5. The normalized spacial score (nSPS) is 23.8. The van der Waals surface area contributed by atoms with Crippen molar-refractivity contribution in [2.45, 2.75) is 24.0 Å². The zero-order valence-electron chi connectivity index (χ0n) is 18.4. The number of rotatable bonds is 6. The molecule has 2 heterocycles. The van der Waals surface area contributed by atoms with Crippen LogP contribution in [0.25, 0.3) is 0 Å². The van der Waals surface area contributed by atoms with Crippen molar-refractivity contribution in [2.75, 3.05) is 57.4 Å². The Bertz CT molecular complexity index is 955. The van der Waals surface area contributed by atoms with Gasteiger partial charge in [0, 0.05) is 44.5 Å². The highest BCUT2D eigenvalue weighted by molar-refractivity contribution is 5.47. The smallest absolute Gasteiger partial charge is 0.162 e. The lowest BCUT2D eigenvalue weighted by atomic mass is 9.90. The summed E-state index contributed by atoms with van der Waals surface area (Å²) in [5.41, 5.74) is -1.53. The largest absolute Gasteiger partial charge is 0.490 e. The maximum Gasteiger partial charge on any atom is 0.162 e. The fourth-order valence-electron chi connectivity index (χ4n) is 4.43. The highest BCUT2D eigenvalue weighted by Crippen LogP contribution is 2.28. The molecule has 2 N–H and O–H groups in total. The number of benzene rings is 2. The standard InChI is InChI=1S/C24H29F3N2O4/c25-18-2-1-3-19(12-18)29-8-6-23(30,7-9-29)14-28-10-11-32-16-24(31,15-28)17-33-20-4-5-21(26)22(27)13-20/h1-5,12-13,30-31H,6-11,14-17H2/t24-/m1/s1. The molecule has 0 bridgehead atoms. The predicted octanol–water partition coefficient (Wildman–Crippen LogP) is 2.58. The van der Waals surface area contributed by atoms with Crippen LogP contribution >= 0.6 is 0 Å². The van der Waals surface area contributed by atoms with Gasteiger partial charge in [-0.05, 0) is 43.2 Å². The van der Waals surface area contributed by atoms with E-state index in [0.29, 0.717) is 45.6 Å². The van der Waals surface area contributed by atoms with E-state index in [9.17, 15) is 23.4 Å². The van der Waals surface area contributed by atoms with Crippen molar-refractivity contribution >= 4 is 5.69 Å². The monoisotopic (exact) mass is 466 g/mol. The first-order valence-electron chi connectivity index (χ1n) is 11.1. The van der Waals surface area contributed by atoms with Crippen LogP contribution in [0, 0.1) is 17.5 Å². The summed E-state index contributed by atoms with van der Waals surface area (Å²) in [6, 6.07) is 9.62. The van der Waals surface area contributed by atoms with Crippen LogP contribution in [0.15, 0.2) is 42.5 Å². The molecule has 2 aliphatic heterocycles. The van der Waals surface area contributed by atoms with Gasteiger partial charge in [-0.3, -0.25) is 4.90 Å². The van der Waals surface area contributed by atoms with Gasteiger partial charge in [0.25, 0.3) is 0 Å². The summed E-state index contributed by atoms with van der Waals surface area (Å²) in [7, 11) is 0. The van der Waals surface area contributed by atoms with Gasteiger partial charge in [-0.1, -0.05) is 6.07 Å². The summed E-state index contributed by atoms with van der Waals surface area (Å²) in [4.78, 5) is 3.99. The molecule has 33 heavy (non-hydrogen) atoms. The van der Waals surface area contributed by atoms with Crippen LogP contribution in [0.2, 0.25) is 0 Å². The van der Waals surface area contributed by atoms with Crippen LogP contribution in [0.3, 0.4) is 0 Å². The van der Waals surface area contributed by atoms with Crippen LogP contribution in [0.4, 0.5) is 18.9 Å². The van der Waals surface area contributed by atoms with Gasteiger partial charge in [0.2, 0.25) is 0 Å². The Balaban J connectivity index is 1.34. The van der Waals surface area contributed by atoms with E-state index in [1.165, 1.54) is 18.2 Å². The lowest BCUT2D eigenvalue weighted by Crippen LogP contribution is -2.55. The number of ether oxygens (including phenoxy) is 2. The molecule has 2 aliphatic rings. The predicted molar refractivity (Wildman–Crippen MR) is 117 cm³/mol. The zero-order chi connectivity index (χ0) is 23.5. The van der Waals surface area contributed by atoms with Gasteiger partial charge < -0.3 is 24.6 Å². The Morgan fingerprint density at radius 2 is 1.73 bits per heavy atom. The van der Waals surface area contributed by atoms with Crippen LogP contribution in [0.1, 0.15) is 12.8 Å². The van der Waals surface area contributed by atoms with Crippen molar-refractivity contribution in [1.82, 2.24) is 4.90 Å². The number of halogens is 3. The van der Waals surface area contributed by atoms with E-state index in [2.05, 4.69) is 4.90 Å². The fraction of sp³-hybridized carbons (Fsp3) is 0.500. The Morgan fingerprint density at radius 1 is 0.939 bits per heavy atom. The second-order valence-corrected chi connectivity index (χ2v) is 9.04. The van der Waals surface area contributed by atoms with Crippen molar-refractivity contribution in [3.63, 3.8) is 0 Å². The third-order valence-electron chi connectivity index (χ3n) is 6.22. The molecule has 1 atom stereocenters. The van der Waals surface area contributed by atoms with E-state index in [1.54, 1.807) is 6.07 Å². The molecule has 2 aromatic carbocycles. The Hall–Kier alpha value is -2.33. The van der Waals surface area contributed by atoms with Crippen LogP contribution < -0.4 is 9.64 Å². The molecule has 6 nitrogen and oxygen atoms in total. The average molecular weight is 467 g/mol. The number of nitrogens with zero attached hydrogens (tertiary/aromatic N) is 2. The van der Waals surface area contributed by atoms with E-state index in [-0.39, 0.29) is 31.3 Å². The van der Waals surface area contributed by atoms with Gasteiger partial charge in [0.05, 0.1) is 18.8 Å². The van der Waals surface area contributed by atoms with E-state index >= 15 is 0 Å². The summed E-state index contributed by atoms with van der Waals surface area (Å²) in [6.45, 7) is 2.51. The van der Waals surface area contributed by atoms with Crippen molar-refractivity contribution < 1.29 is 32.9 Å². The van der Waals surface area contributed by atoms with Gasteiger partial charge in [-0.2, -0.15) is 0 Å². The van der Waals surface area contributed by atoms with Crippen molar-refractivity contribution in [1.29, 1.82) is 0 Å². The molecular weight excluding hydrogens is 437 g/mol. The Kier molecular flexibility index (Phi) is 7.13. The van der Waals surface area contributed by atoms with Gasteiger partial charge in [-0.25, -0.2) is 13.2 Å². The first-order chi connectivity index (χ1) is 15.7. The topological polar surface area (TPSA) is 65.4 Å². The molecule has 180 valence electrons. The first-order valence-corrected chi connectivity index (χ1v) is 11.1. The molecule has 0 unspecified atom stereocenters. The van der Waals surface area contributed by atoms with Crippen LogP contribution in [-0.2, 0) is 4.74 Å². The third kappa shape index (κ3) is 6.17. The SMILES string of the molecule is OC1(CN2CCOC[C@@](O)(COc3ccc(F)c(F)c3)C2)CCN(c2cccc(F)c2)CC1. The fourth-order valence-corrected chi connectivity index (χ4v) is 4.43. The highest BCUT2D eigenvalue weighted by Gasteiger charge is 2.39. The third-order valence-corrected chi connectivity index (χ3v) is 6.22. The van der Waals surface area contributed by atoms with Crippen molar-refractivity contribution in [2.24, 2.45) is 0 Å². The molecule has 0 aliphatic carbocycles. The minimum absolute atomic E-state index is 0.0267. The van der Waals surface area contributed by atoms with E-state index in [1.807, 2.05) is 11.0 Å². The molecule has 0 radical (unpaired) electrons. The highest BCUT2D eigenvalue weighted by atomic mass is 19.2. The molecule has 9 heteroatoms. The number of piperidine rings is 1. The average Bonchev–Trinajstić information content (AvgIpc) is 2.96. The second-order valence-electron chi connectivity index (χ2n) is 9.04. The molecule has 0 saturated carbocycles. The van der Waals surface area contributed by atoms with Crippen LogP contribution in [-0.4, -0.2) is 78.9 Å². The number of β-amino-alcohol motifs (C(OH)–C–C–N with tert-alkyl or cyclic N) is 2. The molecule has 2 aromatic rings. The minimum Gasteiger partial charge on any atom is -0.490 e. The Labute approximate surface area is 191 Å². The van der Waals surface area contributed by atoms with Gasteiger partial charge in [0.15, 0.2) is 11.6 Å². The number of hydrogen-bond donors (Lipinski definition) is 2. The molecule has 2 saturated heterocycles. The molecular formula is C24H29F3N2O4. The molecule has 4 rings (SSSR count). The summed E-state index contributed by atoms with van der Waals surface area (Å²) in [6.07, 6.45) is 1.01. The summed E-state index contributed by atoms with van der Waals surface area (Å²) in [5, 5.41) is 22.2. The maximum atomic E-state index is 13.5. The summed E-state index contributed by atoms with van der Waals surface area (Å²) >= 11 is 0. The second kappa shape index (κ2) is 9.89. The summed E-state index contributed by atoms with van der Waals surface area (Å²) < 4.78 is 51.1. The lowest BCUT2D eigenvalue weighted by molar-refractivity contribution is -0.0743. The van der Waals surface area contributed by atoms with Gasteiger partial charge >= 0.3 is 0 Å². The molecule has 0 spiro atoms. The lowest BCUT2D eigenvalue weighted by Gasteiger charge is -2.42.